The van der Waals surface area contributed by atoms with Crippen LogP contribution in [0.15, 0.2) is 36.7 Å². The van der Waals surface area contributed by atoms with Crippen LogP contribution in [0, 0.1) is 5.92 Å². The number of aromatic nitrogens is 1. The van der Waals surface area contributed by atoms with Crippen LogP contribution in [0.3, 0.4) is 0 Å². The molecule has 2 unspecified atom stereocenters. The van der Waals surface area contributed by atoms with E-state index in [-0.39, 0.29) is 5.92 Å². The fourth-order valence-corrected chi connectivity index (χ4v) is 2.75. The van der Waals surface area contributed by atoms with Crippen molar-refractivity contribution >= 4 is 10.8 Å². The average Bonchev–Trinajstić information content (AvgIpc) is 2.92. The summed E-state index contributed by atoms with van der Waals surface area (Å²) in [4.78, 5) is 4.17. The Balaban J connectivity index is 2.13. The average molecular weight is 243 g/mol. The molecular weight excluding hydrogens is 226 g/mol. The topological polar surface area (TPSA) is 42.4 Å². The number of ether oxygens (including phenoxy) is 1. The fourth-order valence-electron chi connectivity index (χ4n) is 2.75. The lowest BCUT2D eigenvalue weighted by Gasteiger charge is -2.30. The van der Waals surface area contributed by atoms with Crippen LogP contribution in [0.25, 0.3) is 10.8 Å². The number of pyridine rings is 1. The van der Waals surface area contributed by atoms with Crippen molar-refractivity contribution < 1.29 is 9.84 Å². The molecule has 0 amide bonds. The van der Waals surface area contributed by atoms with E-state index in [9.17, 15) is 5.11 Å². The Labute approximate surface area is 106 Å². The smallest absolute Gasteiger partial charge is 0.0925 e. The molecule has 0 spiro atoms. The molecule has 2 aromatic rings. The largest absolute Gasteiger partial charge is 0.385 e. The molecule has 1 fully saturated rings. The molecule has 2 atom stereocenters. The first-order valence-corrected chi connectivity index (χ1v) is 6.33. The summed E-state index contributed by atoms with van der Waals surface area (Å²) in [5, 5.41) is 13.0. The van der Waals surface area contributed by atoms with Crippen LogP contribution in [0.2, 0.25) is 0 Å². The highest BCUT2D eigenvalue weighted by atomic mass is 16.5. The van der Waals surface area contributed by atoms with Gasteiger partial charge in [-0.15, -0.1) is 0 Å². The van der Waals surface area contributed by atoms with E-state index in [4.69, 9.17) is 4.74 Å². The van der Waals surface area contributed by atoms with E-state index in [2.05, 4.69) is 4.98 Å². The molecule has 3 nitrogen and oxygen atoms in total. The predicted molar refractivity (Wildman–Crippen MR) is 70.2 cm³/mol. The second-order valence-corrected chi connectivity index (χ2v) is 5.11. The molecule has 1 aliphatic heterocycles. The van der Waals surface area contributed by atoms with Crippen molar-refractivity contribution in [3.8, 4) is 0 Å². The quantitative estimate of drug-likeness (QED) is 0.881. The van der Waals surface area contributed by atoms with E-state index in [1.165, 1.54) is 0 Å². The minimum Gasteiger partial charge on any atom is -0.385 e. The molecule has 1 N–H and O–H groups in total. The third kappa shape index (κ3) is 1.80. The Hall–Kier alpha value is -1.45. The van der Waals surface area contributed by atoms with Gasteiger partial charge in [0.1, 0.15) is 0 Å². The van der Waals surface area contributed by atoms with E-state index in [0.29, 0.717) is 6.61 Å². The van der Waals surface area contributed by atoms with Gasteiger partial charge in [0.25, 0.3) is 0 Å². The summed E-state index contributed by atoms with van der Waals surface area (Å²) >= 11 is 0. The Morgan fingerprint density at radius 1 is 1.39 bits per heavy atom. The van der Waals surface area contributed by atoms with Gasteiger partial charge in [-0.05, 0) is 30.4 Å². The summed E-state index contributed by atoms with van der Waals surface area (Å²) in [6.45, 7) is 3.25. The summed E-state index contributed by atoms with van der Waals surface area (Å²) < 4.78 is 5.40. The molecular formula is C15H17NO2. The molecule has 1 saturated heterocycles. The molecule has 3 heteroatoms. The molecule has 0 radical (unpaired) electrons. The van der Waals surface area contributed by atoms with Crippen LogP contribution < -0.4 is 0 Å². The second kappa shape index (κ2) is 4.34. The summed E-state index contributed by atoms with van der Waals surface area (Å²) in [6, 6.07) is 7.99. The molecule has 1 aromatic heterocycles. The van der Waals surface area contributed by atoms with Crippen molar-refractivity contribution in [2.24, 2.45) is 5.92 Å². The fraction of sp³-hybridized carbons (Fsp3) is 0.400. The monoisotopic (exact) mass is 243 g/mol. The second-order valence-electron chi connectivity index (χ2n) is 5.11. The van der Waals surface area contributed by atoms with Gasteiger partial charge in [-0.3, -0.25) is 4.98 Å². The Morgan fingerprint density at radius 2 is 2.28 bits per heavy atom. The van der Waals surface area contributed by atoms with E-state index in [1.54, 1.807) is 6.20 Å². The first-order valence-electron chi connectivity index (χ1n) is 6.33. The van der Waals surface area contributed by atoms with Gasteiger partial charge < -0.3 is 9.84 Å². The molecule has 18 heavy (non-hydrogen) atoms. The summed E-state index contributed by atoms with van der Waals surface area (Å²) in [5.74, 6) is 0.156. The van der Waals surface area contributed by atoms with Crippen LogP contribution in [0.1, 0.15) is 18.9 Å². The van der Waals surface area contributed by atoms with Crippen molar-refractivity contribution in [3.05, 3.63) is 42.2 Å². The lowest BCUT2D eigenvalue weighted by molar-refractivity contribution is -0.00841. The molecule has 0 aliphatic carbocycles. The van der Waals surface area contributed by atoms with Crippen molar-refractivity contribution in [2.45, 2.75) is 18.9 Å². The summed E-state index contributed by atoms with van der Waals surface area (Å²) in [6.07, 6.45) is 4.51. The van der Waals surface area contributed by atoms with Crippen LogP contribution >= 0.6 is 0 Å². The number of fused-ring (bicyclic) bond motifs is 1. The lowest BCUT2D eigenvalue weighted by Crippen LogP contribution is -2.32. The molecule has 0 bridgehead atoms. The van der Waals surface area contributed by atoms with Gasteiger partial charge in [-0.25, -0.2) is 0 Å². The van der Waals surface area contributed by atoms with Gasteiger partial charge in [0.15, 0.2) is 0 Å². The van der Waals surface area contributed by atoms with E-state index < -0.39 is 5.60 Å². The zero-order valence-electron chi connectivity index (χ0n) is 10.5. The SMILES string of the molecule is CC(O)(c1cccc2ccncc12)C1CCOC1. The van der Waals surface area contributed by atoms with Gasteiger partial charge in [-0.2, -0.15) is 0 Å². The van der Waals surface area contributed by atoms with Gasteiger partial charge in [0.2, 0.25) is 0 Å². The zero-order chi connectivity index (χ0) is 12.6. The van der Waals surface area contributed by atoms with Gasteiger partial charge in [-0.1, -0.05) is 18.2 Å². The van der Waals surface area contributed by atoms with Crippen molar-refractivity contribution in [3.63, 3.8) is 0 Å². The molecule has 94 valence electrons. The molecule has 1 aromatic carbocycles. The number of aliphatic hydroxyl groups is 1. The van der Waals surface area contributed by atoms with Crippen LogP contribution in [-0.4, -0.2) is 23.3 Å². The highest BCUT2D eigenvalue weighted by Crippen LogP contribution is 2.37. The first kappa shape index (κ1) is 11.6. The van der Waals surface area contributed by atoms with Gasteiger partial charge in [0, 0.05) is 30.3 Å². The van der Waals surface area contributed by atoms with E-state index in [0.717, 1.165) is 29.4 Å². The molecule has 2 heterocycles. The standard InChI is InChI=1S/C15H17NO2/c1-15(17,12-6-8-18-10-12)14-4-2-3-11-5-7-16-9-13(11)14/h2-5,7,9,12,17H,6,8,10H2,1H3. The Bertz CT molecular complexity index is 554. The minimum absolute atomic E-state index is 0.156. The third-order valence-corrected chi connectivity index (χ3v) is 3.95. The predicted octanol–water partition coefficient (Wildman–Crippen LogP) is 2.48. The first-order chi connectivity index (χ1) is 8.69. The van der Waals surface area contributed by atoms with E-state index in [1.807, 2.05) is 37.4 Å². The van der Waals surface area contributed by atoms with Crippen LogP contribution in [0.4, 0.5) is 0 Å². The summed E-state index contributed by atoms with van der Waals surface area (Å²) in [5.41, 5.74) is 0.0857. The number of hydrogen-bond acceptors (Lipinski definition) is 3. The molecule has 0 saturated carbocycles. The zero-order valence-corrected chi connectivity index (χ0v) is 10.5. The van der Waals surface area contributed by atoms with Crippen molar-refractivity contribution in [1.29, 1.82) is 0 Å². The maximum Gasteiger partial charge on any atom is 0.0925 e. The lowest BCUT2D eigenvalue weighted by atomic mass is 9.80. The highest BCUT2D eigenvalue weighted by Gasteiger charge is 2.37. The number of nitrogens with zero attached hydrogens (tertiary/aromatic N) is 1. The van der Waals surface area contributed by atoms with Crippen molar-refractivity contribution in [2.75, 3.05) is 13.2 Å². The third-order valence-electron chi connectivity index (χ3n) is 3.95. The van der Waals surface area contributed by atoms with Gasteiger partial charge >= 0.3 is 0 Å². The Kier molecular flexibility index (Phi) is 2.80. The molecule has 3 rings (SSSR count). The Morgan fingerprint density at radius 3 is 3.06 bits per heavy atom. The van der Waals surface area contributed by atoms with Crippen LogP contribution in [-0.2, 0) is 10.3 Å². The molecule has 1 aliphatic rings. The maximum absolute atomic E-state index is 10.9. The van der Waals surface area contributed by atoms with Crippen molar-refractivity contribution in [1.82, 2.24) is 4.98 Å². The summed E-state index contributed by atoms with van der Waals surface area (Å²) in [7, 11) is 0. The number of benzene rings is 1. The number of hydrogen-bond donors (Lipinski definition) is 1. The van der Waals surface area contributed by atoms with E-state index >= 15 is 0 Å². The van der Waals surface area contributed by atoms with Crippen LogP contribution in [0.5, 0.6) is 0 Å². The normalized spacial score (nSPS) is 23.1. The minimum atomic E-state index is -0.862. The van der Waals surface area contributed by atoms with Gasteiger partial charge in [0.05, 0.1) is 12.2 Å². The maximum atomic E-state index is 10.9. The highest BCUT2D eigenvalue weighted by molar-refractivity contribution is 5.85. The number of rotatable bonds is 2.